The lowest BCUT2D eigenvalue weighted by molar-refractivity contribution is 0.202. The highest BCUT2D eigenvalue weighted by Gasteiger charge is 2.21. The lowest BCUT2D eigenvalue weighted by Gasteiger charge is -2.10. The monoisotopic (exact) mass is 241 g/mol. The van der Waals surface area contributed by atoms with E-state index in [9.17, 15) is 5.11 Å². The Morgan fingerprint density at radius 3 is 3.00 bits per heavy atom. The van der Waals surface area contributed by atoms with E-state index in [0.29, 0.717) is 23.0 Å². The molecule has 2 aromatic heterocycles. The summed E-state index contributed by atoms with van der Waals surface area (Å²) in [5.41, 5.74) is 0.983. The van der Waals surface area contributed by atoms with Crippen LogP contribution in [0.25, 0.3) is 0 Å². The molecule has 1 unspecified atom stereocenters. The van der Waals surface area contributed by atoms with Crippen LogP contribution in [-0.4, -0.2) is 30.3 Å². The molecule has 0 aliphatic carbocycles. The van der Waals surface area contributed by atoms with E-state index >= 15 is 0 Å². The Morgan fingerprint density at radius 2 is 2.38 bits per heavy atom. The fourth-order valence-electron chi connectivity index (χ4n) is 1.52. The van der Waals surface area contributed by atoms with Crippen molar-refractivity contribution in [1.82, 2.24) is 25.2 Å². The standard InChI is InChI=1S/C9H12ClN5O/c1-2-3-15-8(6(10)4-12-15)9(16)7-5-11-14-13-7/h4-5,9,16H,2-3H2,1H3,(H,11,13,14). The average Bonchev–Trinajstić information content (AvgIpc) is 2.88. The summed E-state index contributed by atoms with van der Waals surface area (Å²) in [6.45, 7) is 2.73. The topological polar surface area (TPSA) is 79.6 Å². The summed E-state index contributed by atoms with van der Waals surface area (Å²) in [5, 5.41) is 24.6. The van der Waals surface area contributed by atoms with Crippen molar-refractivity contribution >= 4 is 11.6 Å². The van der Waals surface area contributed by atoms with Gasteiger partial charge in [-0.15, -0.1) is 0 Å². The minimum absolute atomic E-state index is 0.430. The molecule has 0 bridgehead atoms. The van der Waals surface area contributed by atoms with E-state index in [2.05, 4.69) is 20.5 Å². The third kappa shape index (κ3) is 1.94. The minimum atomic E-state index is -0.903. The molecule has 16 heavy (non-hydrogen) atoms. The SMILES string of the molecule is CCCn1ncc(Cl)c1C(O)c1cn[nH]n1. The predicted molar refractivity (Wildman–Crippen MR) is 58.0 cm³/mol. The molecule has 0 amide bonds. The van der Waals surface area contributed by atoms with Gasteiger partial charge in [0.15, 0.2) is 0 Å². The van der Waals surface area contributed by atoms with Gasteiger partial charge in [0.25, 0.3) is 0 Å². The Balaban J connectivity index is 2.35. The number of H-pyrrole nitrogens is 1. The molecule has 6 nitrogen and oxygen atoms in total. The van der Waals surface area contributed by atoms with Gasteiger partial charge in [0, 0.05) is 6.54 Å². The van der Waals surface area contributed by atoms with Crippen LogP contribution in [0, 0.1) is 0 Å². The number of hydrogen-bond donors (Lipinski definition) is 2. The number of hydrogen-bond acceptors (Lipinski definition) is 4. The van der Waals surface area contributed by atoms with Gasteiger partial charge in [-0.05, 0) is 6.42 Å². The number of aliphatic hydroxyl groups is 1. The van der Waals surface area contributed by atoms with Gasteiger partial charge < -0.3 is 5.11 Å². The number of aliphatic hydroxyl groups excluding tert-OH is 1. The van der Waals surface area contributed by atoms with Crippen LogP contribution in [0.15, 0.2) is 12.4 Å². The van der Waals surface area contributed by atoms with Crippen LogP contribution in [0.1, 0.15) is 30.8 Å². The van der Waals surface area contributed by atoms with E-state index in [1.54, 1.807) is 4.68 Å². The summed E-state index contributed by atoms with van der Waals surface area (Å²) in [6, 6.07) is 0. The molecule has 2 N–H and O–H groups in total. The highest BCUT2D eigenvalue weighted by atomic mass is 35.5. The van der Waals surface area contributed by atoms with Crippen molar-refractivity contribution in [2.45, 2.75) is 26.0 Å². The fraction of sp³-hybridized carbons (Fsp3) is 0.444. The van der Waals surface area contributed by atoms with Crippen LogP contribution >= 0.6 is 11.6 Å². The van der Waals surface area contributed by atoms with E-state index in [1.807, 2.05) is 6.92 Å². The zero-order chi connectivity index (χ0) is 11.5. The van der Waals surface area contributed by atoms with E-state index in [0.717, 1.165) is 6.42 Å². The van der Waals surface area contributed by atoms with Crippen molar-refractivity contribution in [3.63, 3.8) is 0 Å². The number of aromatic amines is 1. The molecule has 0 saturated heterocycles. The van der Waals surface area contributed by atoms with Crippen LogP contribution in [0.4, 0.5) is 0 Å². The van der Waals surface area contributed by atoms with E-state index in [-0.39, 0.29) is 0 Å². The Labute approximate surface area is 97.2 Å². The molecule has 0 fully saturated rings. The van der Waals surface area contributed by atoms with Gasteiger partial charge in [-0.1, -0.05) is 18.5 Å². The second-order valence-electron chi connectivity index (χ2n) is 3.40. The molecule has 0 aromatic carbocycles. The maximum Gasteiger partial charge on any atom is 0.142 e. The zero-order valence-corrected chi connectivity index (χ0v) is 9.52. The Morgan fingerprint density at radius 1 is 1.56 bits per heavy atom. The lowest BCUT2D eigenvalue weighted by Crippen LogP contribution is -2.11. The third-order valence-corrected chi connectivity index (χ3v) is 2.53. The van der Waals surface area contributed by atoms with E-state index in [1.165, 1.54) is 12.4 Å². The second-order valence-corrected chi connectivity index (χ2v) is 3.81. The number of nitrogens with one attached hydrogen (secondary N) is 1. The first-order valence-corrected chi connectivity index (χ1v) is 5.36. The highest BCUT2D eigenvalue weighted by Crippen LogP contribution is 2.26. The maximum atomic E-state index is 10.1. The number of rotatable bonds is 4. The largest absolute Gasteiger partial charge is 0.380 e. The molecular formula is C9H12ClN5O. The number of aryl methyl sites for hydroxylation is 1. The first kappa shape index (κ1) is 11.1. The number of aromatic nitrogens is 5. The molecule has 2 aromatic rings. The first-order valence-electron chi connectivity index (χ1n) is 4.99. The van der Waals surface area contributed by atoms with Gasteiger partial charge in [-0.2, -0.15) is 20.5 Å². The van der Waals surface area contributed by atoms with Crippen LogP contribution in [0.5, 0.6) is 0 Å². The molecule has 0 radical (unpaired) electrons. The van der Waals surface area contributed by atoms with E-state index < -0.39 is 6.10 Å². The van der Waals surface area contributed by atoms with E-state index in [4.69, 9.17) is 11.6 Å². The highest BCUT2D eigenvalue weighted by molar-refractivity contribution is 6.31. The van der Waals surface area contributed by atoms with Crippen molar-refractivity contribution in [3.8, 4) is 0 Å². The summed E-state index contributed by atoms with van der Waals surface area (Å²) < 4.78 is 1.68. The molecule has 2 heterocycles. The molecule has 1 atom stereocenters. The van der Waals surface area contributed by atoms with Gasteiger partial charge in [-0.3, -0.25) is 4.68 Å². The van der Waals surface area contributed by atoms with Gasteiger partial charge in [0.05, 0.1) is 23.1 Å². The molecule has 0 aliphatic rings. The molecule has 0 spiro atoms. The van der Waals surface area contributed by atoms with Crippen molar-refractivity contribution in [3.05, 3.63) is 28.8 Å². The summed E-state index contributed by atoms with van der Waals surface area (Å²) in [7, 11) is 0. The quantitative estimate of drug-likeness (QED) is 0.842. The van der Waals surface area contributed by atoms with Crippen LogP contribution in [0.3, 0.4) is 0 Å². The molecule has 0 saturated carbocycles. The van der Waals surface area contributed by atoms with Crippen molar-refractivity contribution in [1.29, 1.82) is 0 Å². The van der Waals surface area contributed by atoms with Crippen molar-refractivity contribution < 1.29 is 5.11 Å². The maximum absolute atomic E-state index is 10.1. The zero-order valence-electron chi connectivity index (χ0n) is 8.76. The summed E-state index contributed by atoms with van der Waals surface area (Å²) in [5.74, 6) is 0. The molecule has 2 rings (SSSR count). The fourth-order valence-corrected chi connectivity index (χ4v) is 1.76. The molecular weight excluding hydrogens is 230 g/mol. The Bertz CT molecular complexity index is 452. The summed E-state index contributed by atoms with van der Waals surface area (Å²) in [6.07, 6.45) is 3.00. The normalized spacial score (nSPS) is 12.9. The van der Waals surface area contributed by atoms with Crippen molar-refractivity contribution in [2.75, 3.05) is 0 Å². The number of nitrogens with zero attached hydrogens (tertiary/aromatic N) is 4. The Kier molecular flexibility index (Phi) is 3.21. The van der Waals surface area contributed by atoms with Crippen LogP contribution in [0.2, 0.25) is 5.02 Å². The molecule has 0 aliphatic heterocycles. The minimum Gasteiger partial charge on any atom is -0.380 e. The summed E-state index contributed by atoms with van der Waals surface area (Å²) >= 11 is 5.99. The molecule has 7 heteroatoms. The lowest BCUT2D eigenvalue weighted by atomic mass is 10.2. The van der Waals surface area contributed by atoms with Gasteiger partial charge in [0.2, 0.25) is 0 Å². The summed E-state index contributed by atoms with van der Waals surface area (Å²) in [4.78, 5) is 0. The molecule has 86 valence electrons. The van der Waals surface area contributed by atoms with Crippen molar-refractivity contribution in [2.24, 2.45) is 0 Å². The van der Waals surface area contributed by atoms with Gasteiger partial charge in [0.1, 0.15) is 11.8 Å². The van der Waals surface area contributed by atoms with Gasteiger partial charge >= 0.3 is 0 Å². The third-order valence-electron chi connectivity index (χ3n) is 2.24. The number of halogens is 1. The average molecular weight is 242 g/mol. The first-order chi connectivity index (χ1) is 7.74. The second kappa shape index (κ2) is 4.63. The van der Waals surface area contributed by atoms with Crippen LogP contribution in [-0.2, 0) is 6.54 Å². The predicted octanol–water partition coefficient (Wildman–Crippen LogP) is 1.15. The van der Waals surface area contributed by atoms with Crippen LogP contribution < -0.4 is 0 Å². The smallest absolute Gasteiger partial charge is 0.142 e. The Hall–Kier alpha value is -1.40. The van der Waals surface area contributed by atoms with Gasteiger partial charge in [-0.25, -0.2) is 0 Å².